The molecule has 2 heterocycles. The van der Waals surface area contributed by atoms with Gasteiger partial charge in [-0.05, 0) is 36.4 Å². The van der Waals surface area contributed by atoms with Crippen LogP contribution in [-0.4, -0.2) is 37.0 Å². The van der Waals surface area contributed by atoms with Gasteiger partial charge in [0.15, 0.2) is 0 Å². The van der Waals surface area contributed by atoms with Gasteiger partial charge in [0.2, 0.25) is 0 Å². The summed E-state index contributed by atoms with van der Waals surface area (Å²) in [6.45, 7) is 3.18. The van der Waals surface area contributed by atoms with Crippen molar-refractivity contribution in [1.82, 2.24) is 10.2 Å². The van der Waals surface area contributed by atoms with Crippen LogP contribution in [0.15, 0.2) is 54.6 Å². The molecule has 3 aromatic rings. The van der Waals surface area contributed by atoms with E-state index >= 15 is 0 Å². The summed E-state index contributed by atoms with van der Waals surface area (Å²) < 4.78 is 6.50. The van der Waals surface area contributed by atoms with Crippen molar-refractivity contribution in [2.75, 3.05) is 20.2 Å². The van der Waals surface area contributed by atoms with Crippen LogP contribution in [0.2, 0.25) is 0 Å². The first kappa shape index (κ1) is 19.1. The van der Waals surface area contributed by atoms with Crippen LogP contribution >= 0.6 is 11.3 Å². The van der Waals surface area contributed by atoms with E-state index in [1.807, 2.05) is 18.2 Å². The summed E-state index contributed by atoms with van der Waals surface area (Å²) in [5.41, 5.74) is 2.32. The Kier molecular flexibility index (Phi) is 6.05. The summed E-state index contributed by atoms with van der Waals surface area (Å²) in [4.78, 5) is 16.2. The molecule has 146 valence electrons. The van der Waals surface area contributed by atoms with Gasteiger partial charge in [-0.1, -0.05) is 48.5 Å². The van der Waals surface area contributed by atoms with E-state index in [0.29, 0.717) is 19.2 Å². The number of ether oxygens (including phenoxy) is 1. The van der Waals surface area contributed by atoms with Gasteiger partial charge in [-0.3, -0.25) is 9.69 Å². The van der Waals surface area contributed by atoms with Crippen molar-refractivity contribution in [3.05, 3.63) is 70.6 Å². The Balaban J connectivity index is 1.44. The third kappa shape index (κ3) is 4.12. The molecule has 1 amide bonds. The summed E-state index contributed by atoms with van der Waals surface area (Å²) in [5, 5.41) is 4.31. The number of likely N-dealkylation sites (tertiary alicyclic amines) is 1. The minimum Gasteiger partial charge on any atom is -0.380 e. The fraction of sp³-hybridized carbons (Fsp3) is 0.348. The highest BCUT2D eigenvalue weighted by atomic mass is 32.1. The van der Waals surface area contributed by atoms with Gasteiger partial charge in [0.25, 0.3) is 5.91 Å². The summed E-state index contributed by atoms with van der Waals surface area (Å²) >= 11 is 1.55. The molecule has 1 saturated heterocycles. The molecule has 0 radical (unpaired) electrons. The number of thiophene rings is 1. The van der Waals surface area contributed by atoms with E-state index in [0.717, 1.165) is 40.0 Å². The number of hydrogen-bond donors (Lipinski definition) is 1. The molecule has 1 fully saturated rings. The minimum atomic E-state index is 0.0137. The maximum Gasteiger partial charge on any atom is 0.261 e. The lowest BCUT2D eigenvalue weighted by molar-refractivity contribution is 0.0939. The zero-order valence-corrected chi connectivity index (χ0v) is 17.0. The van der Waals surface area contributed by atoms with Crippen molar-refractivity contribution in [3.63, 3.8) is 0 Å². The van der Waals surface area contributed by atoms with E-state index in [9.17, 15) is 4.79 Å². The van der Waals surface area contributed by atoms with Gasteiger partial charge in [-0.2, -0.15) is 0 Å². The molecule has 2 aromatic carbocycles. The van der Waals surface area contributed by atoms with Gasteiger partial charge < -0.3 is 10.1 Å². The third-order valence-corrected chi connectivity index (χ3v) is 6.63. The first-order chi connectivity index (χ1) is 13.8. The van der Waals surface area contributed by atoms with Crippen LogP contribution in [0.4, 0.5) is 0 Å². The molecule has 0 unspecified atom stereocenters. The predicted molar refractivity (Wildman–Crippen MR) is 115 cm³/mol. The average molecular weight is 395 g/mol. The van der Waals surface area contributed by atoms with E-state index in [4.69, 9.17) is 4.74 Å². The highest BCUT2D eigenvalue weighted by Crippen LogP contribution is 2.32. The Hall–Kier alpha value is -2.21. The number of amides is 1. The SMILES string of the molecule is COCc1c(C(=O)NC[C@H]2CCCN2Cc2ccccc2)sc2ccccc12. The molecular formula is C23H26N2O2S. The van der Waals surface area contributed by atoms with Crippen LogP contribution in [0, 0.1) is 0 Å². The van der Waals surface area contributed by atoms with Crippen molar-refractivity contribution in [2.45, 2.75) is 32.0 Å². The molecule has 4 nitrogen and oxygen atoms in total. The van der Waals surface area contributed by atoms with Gasteiger partial charge in [0.05, 0.1) is 11.5 Å². The first-order valence-corrected chi connectivity index (χ1v) is 10.6. The van der Waals surface area contributed by atoms with E-state index in [1.54, 1.807) is 18.4 Å². The number of nitrogens with zero attached hydrogens (tertiary/aromatic N) is 1. The molecule has 1 aliphatic rings. The van der Waals surface area contributed by atoms with Crippen LogP contribution in [0.25, 0.3) is 10.1 Å². The molecule has 1 aliphatic heterocycles. The first-order valence-electron chi connectivity index (χ1n) is 9.82. The summed E-state index contributed by atoms with van der Waals surface area (Å²) in [7, 11) is 1.67. The van der Waals surface area contributed by atoms with E-state index in [1.165, 1.54) is 12.0 Å². The molecule has 1 atom stereocenters. The molecule has 5 heteroatoms. The molecule has 0 saturated carbocycles. The standard InChI is InChI=1S/C23H26N2O2S/c1-27-16-20-19-11-5-6-12-21(19)28-22(20)23(26)24-14-18-10-7-13-25(18)15-17-8-3-2-4-9-17/h2-6,8-9,11-12,18H,7,10,13-16H2,1H3,(H,24,26)/t18-/m1/s1. The Labute approximate surface area is 170 Å². The van der Waals surface area contributed by atoms with Gasteiger partial charge in [-0.15, -0.1) is 11.3 Å². The summed E-state index contributed by atoms with van der Waals surface area (Å²) in [6.07, 6.45) is 2.32. The Bertz CT molecular complexity index is 938. The number of benzene rings is 2. The number of nitrogens with one attached hydrogen (secondary N) is 1. The largest absolute Gasteiger partial charge is 0.380 e. The number of methoxy groups -OCH3 is 1. The van der Waals surface area contributed by atoms with Crippen molar-refractivity contribution >= 4 is 27.3 Å². The Morgan fingerprint density at radius 2 is 1.96 bits per heavy atom. The molecule has 28 heavy (non-hydrogen) atoms. The zero-order valence-electron chi connectivity index (χ0n) is 16.2. The Morgan fingerprint density at radius 3 is 2.79 bits per heavy atom. The maximum atomic E-state index is 13.0. The lowest BCUT2D eigenvalue weighted by atomic mass is 10.1. The quantitative estimate of drug-likeness (QED) is 0.644. The van der Waals surface area contributed by atoms with Crippen molar-refractivity contribution in [1.29, 1.82) is 0 Å². The number of carbonyl (C=O) groups is 1. The predicted octanol–water partition coefficient (Wildman–Crippen LogP) is 4.44. The van der Waals surface area contributed by atoms with Gasteiger partial charge in [0, 0.05) is 36.5 Å². The van der Waals surface area contributed by atoms with Crippen LogP contribution in [-0.2, 0) is 17.9 Å². The second kappa shape index (κ2) is 8.86. The molecule has 0 bridgehead atoms. The lowest BCUT2D eigenvalue weighted by Crippen LogP contribution is -2.39. The number of rotatable bonds is 7. The normalized spacial score (nSPS) is 17.2. The molecular weight excluding hydrogens is 368 g/mol. The lowest BCUT2D eigenvalue weighted by Gasteiger charge is -2.24. The topological polar surface area (TPSA) is 41.6 Å². The van der Waals surface area contributed by atoms with E-state index < -0.39 is 0 Å². The van der Waals surface area contributed by atoms with Gasteiger partial charge in [0.1, 0.15) is 0 Å². The van der Waals surface area contributed by atoms with Crippen molar-refractivity contribution < 1.29 is 9.53 Å². The van der Waals surface area contributed by atoms with Crippen LogP contribution in [0.3, 0.4) is 0 Å². The van der Waals surface area contributed by atoms with Crippen molar-refractivity contribution in [2.24, 2.45) is 0 Å². The minimum absolute atomic E-state index is 0.0137. The summed E-state index contributed by atoms with van der Waals surface area (Å²) in [6, 6.07) is 19.1. The molecule has 1 N–H and O–H groups in total. The smallest absolute Gasteiger partial charge is 0.261 e. The monoisotopic (exact) mass is 394 g/mol. The molecule has 0 spiro atoms. The fourth-order valence-corrected chi connectivity index (χ4v) is 5.14. The summed E-state index contributed by atoms with van der Waals surface area (Å²) in [5.74, 6) is 0.0137. The van der Waals surface area contributed by atoms with Crippen molar-refractivity contribution in [3.8, 4) is 0 Å². The number of fused-ring (bicyclic) bond motifs is 1. The fourth-order valence-electron chi connectivity index (χ4n) is 4.01. The van der Waals surface area contributed by atoms with Crippen LogP contribution in [0.5, 0.6) is 0 Å². The molecule has 0 aliphatic carbocycles. The third-order valence-electron chi connectivity index (χ3n) is 5.42. The van der Waals surface area contributed by atoms with Gasteiger partial charge in [-0.25, -0.2) is 0 Å². The van der Waals surface area contributed by atoms with Crippen LogP contribution in [0.1, 0.15) is 33.6 Å². The second-order valence-corrected chi connectivity index (χ2v) is 8.35. The highest BCUT2D eigenvalue weighted by molar-refractivity contribution is 7.21. The second-order valence-electron chi connectivity index (χ2n) is 7.30. The zero-order chi connectivity index (χ0) is 19.3. The van der Waals surface area contributed by atoms with E-state index in [-0.39, 0.29) is 5.91 Å². The van der Waals surface area contributed by atoms with E-state index in [2.05, 4.69) is 46.6 Å². The molecule has 4 rings (SSSR count). The van der Waals surface area contributed by atoms with Gasteiger partial charge >= 0.3 is 0 Å². The molecule has 1 aromatic heterocycles. The number of hydrogen-bond acceptors (Lipinski definition) is 4. The van der Waals surface area contributed by atoms with Crippen LogP contribution < -0.4 is 5.32 Å². The maximum absolute atomic E-state index is 13.0. The number of carbonyl (C=O) groups excluding carboxylic acids is 1. The average Bonchev–Trinajstić information content (AvgIpc) is 3.32. The highest BCUT2D eigenvalue weighted by Gasteiger charge is 2.26. The Morgan fingerprint density at radius 1 is 1.18 bits per heavy atom.